The molecule has 0 aliphatic heterocycles. The molecule has 0 aromatic heterocycles. The number of terminal acetylenes is 1. The van der Waals surface area contributed by atoms with Crippen molar-refractivity contribution >= 4 is 16.0 Å². The predicted molar refractivity (Wildman–Crippen MR) is 75.6 cm³/mol. The molecule has 1 aromatic carbocycles. The average molecular weight is 295 g/mol. The molecule has 0 spiro atoms. The summed E-state index contributed by atoms with van der Waals surface area (Å²) in [6.45, 7) is 1.92. The van der Waals surface area contributed by atoms with Crippen molar-refractivity contribution in [3.8, 4) is 12.3 Å². The summed E-state index contributed by atoms with van der Waals surface area (Å²) in [5.41, 5.74) is 0.540. The fourth-order valence-corrected chi connectivity index (χ4v) is 2.87. The van der Waals surface area contributed by atoms with E-state index in [0.29, 0.717) is 12.0 Å². The first kappa shape index (κ1) is 16.2. The Balaban J connectivity index is 2.87. The summed E-state index contributed by atoms with van der Waals surface area (Å²) < 4.78 is 26.6. The second-order valence-corrected chi connectivity index (χ2v) is 6.06. The molecular formula is C14H17NO4S. The van der Waals surface area contributed by atoms with Gasteiger partial charge in [0.25, 0.3) is 0 Å². The highest BCUT2D eigenvalue weighted by Crippen LogP contribution is 2.12. The van der Waals surface area contributed by atoms with E-state index < -0.39 is 22.0 Å². The van der Waals surface area contributed by atoms with Crippen LogP contribution in [0.1, 0.15) is 25.3 Å². The highest BCUT2D eigenvalue weighted by Gasteiger charge is 2.18. The molecule has 0 aliphatic rings. The minimum atomic E-state index is -3.68. The Labute approximate surface area is 119 Å². The van der Waals surface area contributed by atoms with Crippen molar-refractivity contribution in [1.82, 2.24) is 4.72 Å². The summed E-state index contributed by atoms with van der Waals surface area (Å²) in [5.74, 6) is 1.43. The Morgan fingerprint density at radius 3 is 2.45 bits per heavy atom. The molecule has 1 aromatic rings. The van der Waals surface area contributed by atoms with E-state index in [2.05, 4.69) is 10.6 Å². The second-order valence-electron chi connectivity index (χ2n) is 4.34. The van der Waals surface area contributed by atoms with Crippen molar-refractivity contribution in [2.45, 2.75) is 37.1 Å². The van der Waals surface area contributed by atoms with E-state index >= 15 is 0 Å². The zero-order chi connectivity index (χ0) is 15.2. The lowest BCUT2D eigenvalue weighted by atomic mass is 10.2. The quantitative estimate of drug-likeness (QED) is 0.745. The van der Waals surface area contributed by atoms with Crippen LogP contribution in [0.5, 0.6) is 0 Å². The standard InChI is InChI=1S/C14H17NO4S/c1-3-5-12(4-2)15-20(18,19)13-8-6-11(7-9-13)10-14(16)17/h2,6-9,12,15H,3,5,10H2,1H3,(H,16,17). The van der Waals surface area contributed by atoms with Crippen LogP contribution in [0.2, 0.25) is 0 Å². The van der Waals surface area contributed by atoms with E-state index in [0.717, 1.165) is 6.42 Å². The van der Waals surface area contributed by atoms with Crippen LogP contribution in [-0.2, 0) is 21.2 Å². The van der Waals surface area contributed by atoms with Crippen molar-refractivity contribution in [2.24, 2.45) is 0 Å². The molecule has 0 fully saturated rings. The number of rotatable bonds is 7. The van der Waals surface area contributed by atoms with E-state index in [4.69, 9.17) is 11.5 Å². The van der Waals surface area contributed by atoms with Crippen molar-refractivity contribution in [3.63, 3.8) is 0 Å². The molecule has 0 saturated carbocycles. The normalized spacial score (nSPS) is 12.6. The molecule has 0 saturated heterocycles. The van der Waals surface area contributed by atoms with Gasteiger partial charge in [0.2, 0.25) is 10.0 Å². The fourth-order valence-electron chi connectivity index (χ4n) is 1.68. The van der Waals surface area contributed by atoms with Gasteiger partial charge in [-0.1, -0.05) is 31.4 Å². The maximum Gasteiger partial charge on any atom is 0.307 e. The fraction of sp³-hybridized carbons (Fsp3) is 0.357. The SMILES string of the molecule is C#CC(CCC)NS(=O)(=O)c1ccc(CC(=O)O)cc1. The first-order valence-electron chi connectivity index (χ1n) is 6.18. The zero-order valence-electron chi connectivity index (χ0n) is 11.2. The summed E-state index contributed by atoms with van der Waals surface area (Å²) in [6, 6.07) is 5.17. The van der Waals surface area contributed by atoms with Crippen molar-refractivity contribution < 1.29 is 18.3 Å². The number of sulfonamides is 1. The molecule has 0 bridgehead atoms. The molecule has 0 amide bonds. The molecule has 1 atom stereocenters. The van der Waals surface area contributed by atoms with Gasteiger partial charge in [-0.2, -0.15) is 4.72 Å². The van der Waals surface area contributed by atoms with E-state index in [1.54, 1.807) is 0 Å². The Morgan fingerprint density at radius 2 is 2.00 bits per heavy atom. The van der Waals surface area contributed by atoms with Gasteiger partial charge in [-0.3, -0.25) is 4.79 Å². The molecule has 6 heteroatoms. The maximum atomic E-state index is 12.1. The number of aliphatic carboxylic acids is 1. The lowest BCUT2D eigenvalue weighted by Gasteiger charge is -2.12. The Morgan fingerprint density at radius 1 is 1.40 bits per heavy atom. The number of carboxylic acids is 1. The van der Waals surface area contributed by atoms with Crippen molar-refractivity contribution in [2.75, 3.05) is 0 Å². The van der Waals surface area contributed by atoms with E-state index in [-0.39, 0.29) is 11.3 Å². The van der Waals surface area contributed by atoms with Gasteiger partial charge in [-0.15, -0.1) is 6.42 Å². The number of nitrogens with one attached hydrogen (secondary N) is 1. The van der Waals surface area contributed by atoms with Gasteiger partial charge in [0.15, 0.2) is 0 Å². The minimum absolute atomic E-state index is 0.0722. The van der Waals surface area contributed by atoms with E-state index in [9.17, 15) is 13.2 Å². The molecule has 108 valence electrons. The van der Waals surface area contributed by atoms with Gasteiger partial charge in [-0.05, 0) is 24.1 Å². The Bertz CT molecular complexity index is 599. The summed E-state index contributed by atoms with van der Waals surface area (Å²) in [6.07, 6.45) is 6.47. The van der Waals surface area contributed by atoms with Crippen LogP contribution in [0.3, 0.4) is 0 Å². The highest BCUT2D eigenvalue weighted by molar-refractivity contribution is 7.89. The lowest BCUT2D eigenvalue weighted by molar-refractivity contribution is -0.136. The van der Waals surface area contributed by atoms with Crippen LogP contribution in [0, 0.1) is 12.3 Å². The molecule has 0 radical (unpaired) electrons. The van der Waals surface area contributed by atoms with E-state index in [1.165, 1.54) is 24.3 Å². The molecule has 5 nitrogen and oxygen atoms in total. The maximum absolute atomic E-state index is 12.1. The van der Waals surface area contributed by atoms with Crippen molar-refractivity contribution in [3.05, 3.63) is 29.8 Å². The molecule has 0 heterocycles. The van der Waals surface area contributed by atoms with Gasteiger partial charge in [0.1, 0.15) is 0 Å². The monoisotopic (exact) mass is 295 g/mol. The summed E-state index contributed by atoms with van der Waals surface area (Å²) >= 11 is 0. The van der Waals surface area contributed by atoms with Gasteiger partial charge < -0.3 is 5.11 Å². The molecule has 1 rings (SSSR count). The van der Waals surface area contributed by atoms with Crippen LogP contribution in [0.25, 0.3) is 0 Å². The average Bonchev–Trinajstić information content (AvgIpc) is 2.38. The number of hydrogen-bond donors (Lipinski definition) is 2. The van der Waals surface area contributed by atoms with Gasteiger partial charge in [0.05, 0.1) is 17.4 Å². The second kappa shape index (κ2) is 7.08. The lowest BCUT2D eigenvalue weighted by Crippen LogP contribution is -2.33. The third kappa shape index (κ3) is 4.68. The third-order valence-corrected chi connectivity index (χ3v) is 4.15. The van der Waals surface area contributed by atoms with Crippen molar-refractivity contribution in [1.29, 1.82) is 0 Å². The van der Waals surface area contributed by atoms with Gasteiger partial charge in [0, 0.05) is 0 Å². The molecule has 1 unspecified atom stereocenters. The minimum Gasteiger partial charge on any atom is -0.481 e. The zero-order valence-corrected chi connectivity index (χ0v) is 12.0. The largest absolute Gasteiger partial charge is 0.481 e. The molecule has 2 N–H and O–H groups in total. The van der Waals surface area contributed by atoms with Crippen LogP contribution >= 0.6 is 0 Å². The number of benzene rings is 1. The predicted octanol–water partition coefficient (Wildman–Crippen LogP) is 1.39. The topological polar surface area (TPSA) is 83.5 Å². The molecular weight excluding hydrogens is 278 g/mol. The Kier molecular flexibility index (Phi) is 5.74. The molecule has 20 heavy (non-hydrogen) atoms. The Hall–Kier alpha value is -1.84. The number of hydrogen-bond acceptors (Lipinski definition) is 3. The first-order valence-corrected chi connectivity index (χ1v) is 7.66. The third-order valence-electron chi connectivity index (χ3n) is 2.66. The number of carboxylic acid groups (broad SMARTS) is 1. The number of carbonyl (C=O) groups is 1. The smallest absolute Gasteiger partial charge is 0.307 e. The van der Waals surface area contributed by atoms with Crippen LogP contribution in [0.4, 0.5) is 0 Å². The summed E-state index contributed by atoms with van der Waals surface area (Å²) in [5, 5.41) is 8.65. The highest BCUT2D eigenvalue weighted by atomic mass is 32.2. The summed E-state index contributed by atoms with van der Waals surface area (Å²) in [4.78, 5) is 10.6. The van der Waals surface area contributed by atoms with Gasteiger partial charge >= 0.3 is 5.97 Å². The van der Waals surface area contributed by atoms with Crippen LogP contribution in [0.15, 0.2) is 29.2 Å². The summed E-state index contributed by atoms with van der Waals surface area (Å²) in [7, 11) is -3.68. The molecule has 0 aliphatic carbocycles. The van der Waals surface area contributed by atoms with E-state index in [1.807, 2.05) is 6.92 Å². The first-order chi connectivity index (χ1) is 9.39. The van der Waals surface area contributed by atoms with Gasteiger partial charge in [-0.25, -0.2) is 8.42 Å². The van der Waals surface area contributed by atoms with Crippen LogP contribution < -0.4 is 4.72 Å². The van der Waals surface area contributed by atoms with Crippen LogP contribution in [-0.4, -0.2) is 25.5 Å².